The summed E-state index contributed by atoms with van der Waals surface area (Å²) in [5.41, 5.74) is 24.6. The lowest BCUT2D eigenvalue weighted by Gasteiger charge is -2.23. The van der Waals surface area contributed by atoms with Gasteiger partial charge in [-0.3, -0.25) is 39.5 Å². The van der Waals surface area contributed by atoms with Crippen LogP contribution in [-0.2, 0) is 68.2 Å². The molecule has 700 valence electrons. The van der Waals surface area contributed by atoms with Crippen LogP contribution in [0.4, 0.5) is 0 Å². The van der Waals surface area contributed by atoms with E-state index in [2.05, 4.69) is 299 Å². The molecule has 10 heterocycles. The second-order valence-corrected chi connectivity index (χ2v) is 40.3. The number of hydrogen-bond donors (Lipinski definition) is 0. The first-order valence-corrected chi connectivity index (χ1v) is 45.4. The van der Waals surface area contributed by atoms with Crippen LogP contribution in [0.25, 0.3) is 0 Å². The van der Waals surface area contributed by atoms with Crippen LogP contribution >= 0.6 is 11.6 Å². The number of pyridine rings is 6. The Hall–Kier alpha value is -8.89. The minimum Gasteiger partial charge on any atom is -0.318 e. The van der Waals surface area contributed by atoms with Crippen molar-refractivity contribution in [2.75, 3.05) is 0 Å². The number of hydrogen-bond acceptors (Lipinski definition) is 14. The molecule has 10 aromatic rings. The summed E-state index contributed by atoms with van der Waals surface area (Å²) in [4.78, 5) is 65.0. The first kappa shape index (κ1) is 125. The molecule has 0 atom stereocenters. The predicted octanol–water partition coefficient (Wildman–Crippen LogP) is 28.8. The SMILES string of the molecule is CC.CC.CC.CC.CC.Cc1cccnc1C(C)(C)C.Cc1ccn(C)c(=O)c1C(C)(C)C.Cc1ccncc1C(C)(C)C.Cc1cnccc1C(C)(C)C.Cc1cncnc1C(C)(C)C.Cc1ncccc1C(C)(C)C.Cc1nccnc1C(C)(C)C.Cc1ncnc(C)c1C(C)(C)C.Cc1nnccc1C(C)(C)C.Cn1c(C(C)(C)C)c(Cl)ccc1=O. The molecule has 10 rings (SSSR count). The van der Waals surface area contributed by atoms with Crippen molar-refractivity contribution in [3.05, 3.63) is 280 Å². The quantitative estimate of drug-likeness (QED) is 0.139. The van der Waals surface area contributed by atoms with Crippen LogP contribution in [0, 0.1) is 69.2 Å². The fraction of sp³-hybridized carbons (Fsp3) is 0.574. The molecule has 0 aliphatic heterocycles. The van der Waals surface area contributed by atoms with Crippen molar-refractivity contribution < 1.29 is 0 Å². The summed E-state index contributed by atoms with van der Waals surface area (Å²) >= 11 is 6.03. The number of aryl methyl sites for hydroxylation is 11. The first-order chi connectivity index (χ1) is 57.2. The zero-order valence-corrected chi connectivity index (χ0v) is 90.0. The molecule has 0 saturated heterocycles. The maximum absolute atomic E-state index is 11.8. The van der Waals surface area contributed by atoms with Crippen LogP contribution < -0.4 is 11.1 Å². The van der Waals surface area contributed by atoms with E-state index < -0.39 is 0 Å². The van der Waals surface area contributed by atoms with Crippen LogP contribution in [0.5, 0.6) is 0 Å². The highest BCUT2D eigenvalue weighted by molar-refractivity contribution is 6.31. The summed E-state index contributed by atoms with van der Waals surface area (Å²) in [6, 6.07) is 19.5. The van der Waals surface area contributed by atoms with E-state index in [-0.39, 0.29) is 65.3 Å². The lowest BCUT2D eigenvalue weighted by atomic mass is 9.85. The molecule has 16 nitrogen and oxygen atoms in total. The monoisotopic (exact) mass is 1740 g/mol. The standard InChI is InChI=1S/C11H17NO.C10H14ClNO.C10H16N2.4C10H15N.3C9H14N2.5C2H6/c1-8-6-7-12(5)10(13)9(8)11(2,3)4;1-10(2,3)9-7(11)5-6-8(13)12(9)4;1-7-9(10(3,4)5)8(2)12-6-11-7;1-8-7-11-6-5-9(8)10(2,3)4;1-8-5-6-11-7-9(8)10(2,3)4;1-8-9(10(2,3)4)6-5-7-11-8;1-8-6-5-7-11-9(8)10(2,3)4;1-7-5-10-6-11-8(7)9(2,3)4;1-7-8(9(2,3)4)11-6-5-10-7;1-7-8(9(2,3)4)5-6-10-11-7;5*1-2/h6-7H,1-5H3;5-6H,1-4H3;6H,1-5H3;4*5-7H,1-4H3;3*5-6H,1-4H3;5*1-2H3. The summed E-state index contributed by atoms with van der Waals surface area (Å²) < 4.78 is 3.23. The van der Waals surface area contributed by atoms with Gasteiger partial charge in [-0.25, -0.2) is 19.9 Å². The van der Waals surface area contributed by atoms with Crippen molar-refractivity contribution >= 4 is 11.6 Å². The number of aromatic nitrogens is 14. The van der Waals surface area contributed by atoms with Gasteiger partial charge in [0.05, 0.1) is 27.8 Å². The maximum Gasteiger partial charge on any atom is 0.254 e. The Morgan fingerprint density at radius 3 is 1.02 bits per heavy atom. The molecule has 0 fully saturated rings. The van der Waals surface area contributed by atoms with E-state index in [9.17, 15) is 9.59 Å². The van der Waals surface area contributed by atoms with Crippen LogP contribution in [0.2, 0.25) is 5.02 Å². The average molecular weight is 1740 g/mol. The Morgan fingerprint density at radius 1 is 0.288 bits per heavy atom. The van der Waals surface area contributed by atoms with Gasteiger partial charge in [0.2, 0.25) is 0 Å². The minimum atomic E-state index is -0.105. The van der Waals surface area contributed by atoms with Crippen molar-refractivity contribution in [2.45, 2.75) is 400 Å². The van der Waals surface area contributed by atoms with Gasteiger partial charge in [-0.05, 0) is 200 Å². The smallest absolute Gasteiger partial charge is 0.254 e. The molecule has 0 spiro atoms. The topological polar surface area (TPSA) is 199 Å². The predicted molar refractivity (Wildman–Crippen MR) is 545 cm³/mol. The molecule has 0 aliphatic carbocycles. The highest BCUT2D eigenvalue weighted by atomic mass is 35.5. The van der Waals surface area contributed by atoms with Gasteiger partial charge in [-0.2, -0.15) is 10.2 Å². The molecule has 0 N–H and O–H groups in total. The lowest BCUT2D eigenvalue weighted by Crippen LogP contribution is -2.29. The molecule has 0 bridgehead atoms. The third-order valence-electron chi connectivity index (χ3n) is 18.3. The normalized spacial score (nSPS) is 11.0. The molecular formula is C108H179ClN14O2. The Morgan fingerprint density at radius 2 is 0.696 bits per heavy atom. The van der Waals surface area contributed by atoms with Crippen molar-refractivity contribution in [1.82, 2.24) is 69.2 Å². The summed E-state index contributed by atoms with van der Waals surface area (Å²) in [6.07, 6.45) is 23.4. The Labute approximate surface area is 770 Å². The molecule has 0 unspecified atom stereocenters. The number of rotatable bonds is 0. The van der Waals surface area contributed by atoms with E-state index in [1.165, 1.54) is 61.8 Å². The Kier molecular flexibility index (Phi) is 57.6. The second kappa shape index (κ2) is 57.7. The van der Waals surface area contributed by atoms with Crippen LogP contribution in [-0.4, -0.2) is 69.2 Å². The molecule has 0 aromatic carbocycles. The van der Waals surface area contributed by atoms with Gasteiger partial charge in [-0.15, -0.1) is 0 Å². The van der Waals surface area contributed by atoms with Crippen molar-refractivity contribution in [3.8, 4) is 0 Å². The number of nitrogens with zero attached hydrogens (tertiary/aromatic N) is 14. The van der Waals surface area contributed by atoms with E-state index in [1.807, 2.05) is 205 Å². The van der Waals surface area contributed by atoms with Gasteiger partial charge < -0.3 is 9.13 Å². The fourth-order valence-corrected chi connectivity index (χ4v) is 13.9. The molecule has 10 aromatic heterocycles. The van der Waals surface area contributed by atoms with Crippen molar-refractivity contribution in [3.63, 3.8) is 0 Å². The first-order valence-electron chi connectivity index (χ1n) is 45.0. The molecule has 0 aliphatic rings. The van der Waals surface area contributed by atoms with E-state index >= 15 is 0 Å². The minimum absolute atomic E-state index is 0.0191. The van der Waals surface area contributed by atoms with Gasteiger partial charge in [0.25, 0.3) is 11.1 Å². The fourth-order valence-electron chi connectivity index (χ4n) is 13.4. The highest BCUT2D eigenvalue weighted by Gasteiger charge is 2.25. The Bertz CT molecular complexity index is 4190. The summed E-state index contributed by atoms with van der Waals surface area (Å²) in [5, 5.41) is 8.45. The van der Waals surface area contributed by atoms with E-state index in [0.29, 0.717) is 5.02 Å². The Balaban J connectivity index is -0.000000422. The summed E-state index contributed by atoms with van der Waals surface area (Å²) in [5.74, 6) is 0. The van der Waals surface area contributed by atoms with Gasteiger partial charge in [0.15, 0.2) is 0 Å². The molecule has 0 saturated carbocycles. The lowest BCUT2D eigenvalue weighted by molar-refractivity contribution is 0.531. The maximum atomic E-state index is 11.8. The van der Waals surface area contributed by atoms with Crippen molar-refractivity contribution in [2.24, 2.45) is 14.1 Å². The van der Waals surface area contributed by atoms with Gasteiger partial charge >= 0.3 is 0 Å². The van der Waals surface area contributed by atoms with Crippen LogP contribution in [0.15, 0.2) is 151 Å². The number of halogens is 1. The molecule has 0 radical (unpaired) electrons. The molecule has 0 amide bonds. The van der Waals surface area contributed by atoms with E-state index in [0.717, 1.165) is 56.7 Å². The second-order valence-electron chi connectivity index (χ2n) is 39.9. The van der Waals surface area contributed by atoms with Gasteiger partial charge in [0, 0.05) is 144 Å². The zero-order valence-electron chi connectivity index (χ0n) is 89.2. The van der Waals surface area contributed by atoms with Crippen molar-refractivity contribution in [1.29, 1.82) is 0 Å². The molecular weight excluding hydrogens is 1560 g/mol. The highest BCUT2D eigenvalue weighted by Crippen LogP contribution is 2.32. The van der Waals surface area contributed by atoms with Crippen LogP contribution in [0.3, 0.4) is 0 Å². The van der Waals surface area contributed by atoms with Gasteiger partial charge in [0.1, 0.15) is 12.7 Å². The average Bonchev–Trinajstić information content (AvgIpc) is 0.806. The van der Waals surface area contributed by atoms with Crippen LogP contribution in [0.1, 0.15) is 389 Å². The molecule has 125 heavy (non-hydrogen) atoms. The third-order valence-corrected chi connectivity index (χ3v) is 18.6. The van der Waals surface area contributed by atoms with E-state index in [4.69, 9.17) is 11.6 Å². The summed E-state index contributed by atoms with van der Waals surface area (Å²) in [6.45, 7) is 105. The zero-order chi connectivity index (χ0) is 99.2. The summed E-state index contributed by atoms with van der Waals surface area (Å²) in [7, 11) is 3.53. The van der Waals surface area contributed by atoms with Gasteiger partial charge in [-0.1, -0.05) is 301 Å². The molecule has 17 heteroatoms. The van der Waals surface area contributed by atoms with E-state index in [1.54, 1.807) is 60.5 Å². The largest absolute Gasteiger partial charge is 0.318 e. The third kappa shape index (κ3) is 47.5.